The van der Waals surface area contributed by atoms with Gasteiger partial charge < -0.3 is 0 Å². The molecule has 4 heteroatoms. The molecule has 0 aliphatic carbocycles. The lowest BCUT2D eigenvalue weighted by Gasteiger charge is -2.08. The van der Waals surface area contributed by atoms with E-state index in [4.69, 9.17) is 0 Å². The van der Waals surface area contributed by atoms with Gasteiger partial charge in [-0.2, -0.15) is 5.10 Å². The number of rotatable bonds is 3. The van der Waals surface area contributed by atoms with E-state index in [0.29, 0.717) is 6.42 Å². The van der Waals surface area contributed by atoms with Crippen molar-refractivity contribution in [3.05, 3.63) is 16.0 Å². The minimum atomic E-state index is -0.126. The third kappa shape index (κ3) is 2.06. The summed E-state index contributed by atoms with van der Waals surface area (Å²) in [7, 11) is 0. The largest absolute Gasteiger partial charge is 0.297 e. The van der Waals surface area contributed by atoms with E-state index in [0.717, 1.165) is 3.57 Å². The fourth-order valence-electron chi connectivity index (χ4n) is 0.970. The number of carbonyl (C=O) groups excluding carboxylic acids is 1. The first-order valence-electron chi connectivity index (χ1n) is 3.87. The molecule has 1 aromatic rings. The molecule has 0 aliphatic heterocycles. The lowest BCUT2D eigenvalue weighted by atomic mass is 10.2. The van der Waals surface area contributed by atoms with E-state index in [1.54, 1.807) is 10.9 Å². The minimum absolute atomic E-state index is 0.126. The van der Waals surface area contributed by atoms with Crippen molar-refractivity contribution in [2.45, 2.75) is 26.3 Å². The van der Waals surface area contributed by atoms with Gasteiger partial charge in [0.15, 0.2) is 5.78 Å². The van der Waals surface area contributed by atoms with Gasteiger partial charge in [-0.3, -0.25) is 9.48 Å². The molecule has 0 saturated heterocycles. The van der Waals surface area contributed by atoms with E-state index >= 15 is 0 Å². The van der Waals surface area contributed by atoms with Crippen molar-refractivity contribution in [3.8, 4) is 0 Å². The van der Waals surface area contributed by atoms with Crippen molar-refractivity contribution in [2.24, 2.45) is 0 Å². The summed E-state index contributed by atoms with van der Waals surface area (Å²) in [4.78, 5) is 11.3. The molecule has 0 N–H and O–H groups in total. The molecule has 1 atom stereocenters. The maximum Gasteiger partial charge on any atom is 0.156 e. The molecule has 0 aliphatic rings. The zero-order chi connectivity index (χ0) is 9.14. The van der Waals surface area contributed by atoms with Gasteiger partial charge in [0.2, 0.25) is 0 Å². The highest BCUT2D eigenvalue weighted by molar-refractivity contribution is 14.1. The Balaban J connectivity index is 2.77. The number of aromatic nitrogens is 2. The van der Waals surface area contributed by atoms with E-state index in [1.807, 2.05) is 20.0 Å². The first-order valence-corrected chi connectivity index (χ1v) is 4.95. The van der Waals surface area contributed by atoms with Crippen LogP contribution < -0.4 is 0 Å². The second-order valence-corrected chi connectivity index (χ2v) is 3.88. The van der Waals surface area contributed by atoms with E-state index in [9.17, 15) is 4.79 Å². The molecule has 1 aromatic heterocycles. The number of hydrogen-bond donors (Lipinski definition) is 0. The predicted octanol–water partition coefficient (Wildman–Crippen LogP) is 2.03. The van der Waals surface area contributed by atoms with Crippen LogP contribution in [0.2, 0.25) is 0 Å². The molecule has 3 nitrogen and oxygen atoms in total. The molecule has 12 heavy (non-hydrogen) atoms. The van der Waals surface area contributed by atoms with Gasteiger partial charge in [-0.05, 0) is 29.5 Å². The molecule has 66 valence electrons. The fraction of sp³-hybridized carbons (Fsp3) is 0.500. The van der Waals surface area contributed by atoms with E-state index in [-0.39, 0.29) is 11.8 Å². The SMILES string of the molecule is CCC(=O)C(C)n1cc(I)cn1. The van der Waals surface area contributed by atoms with Gasteiger partial charge in [-0.15, -0.1) is 0 Å². The molecule has 1 rings (SSSR count). The summed E-state index contributed by atoms with van der Waals surface area (Å²) < 4.78 is 2.76. The Morgan fingerprint density at radius 2 is 2.50 bits per heavy atom. The van der Waals surface area contributed by atoms with Gasteiger partial charge in [0.25, 0.3) is 0 Å². The molecule has 0 fully saturated rings. The number of hydrogen-bond acceptors (Lipinski definition) is 2. The lowest BCUT2D eigenvalue weighted by Crippen LogP contribution is -2.15. The predicted molar refractivity (Wildman–Crippen MR) is 55.0 cm³/mol. The molecule has 0 radical (unpaired) electrons. The molecule has 1 unspecified atom stereocenters. The Labute approximate surface area is 85.3 Å². The number of Topliss-reactive ketones (excluding diaryl/α,β-unsaturated/α-hetero) is 1. The first-order chi connectivity index (χ1) is 5.65. The van der Waals surface area contributed by atoms with E-state index in [2.05, 4.69) is 27.7 Å². The zero-order valence-corrected chi connectivity index (χ0v) is 9.28. The van der Waals surface area contributed by atoms with Crippen LogP contribution in [0, 0.1) is 3.57 Å². The highest BCUT2D eigenvalue weighted by Crippen LogP contribution is 2.10. The zero-order valence-electron chi connectivity index (χ0n) is 7.12. The topological polar surface area (TPSA) is 34.9 Å². The third-order valence-electron chi connectivity index (χ3n) is 1.78. The van der Waals surface area contributed by atoms with Gasteiger partial charge in [0.05, 0.1) is 9.77 Å². The van der Waals surface area contributed by atoms with Crippen molar-refractivity contribution >= 4 is 28.4 Å². The second kappa shape index (κ2) is 4.02. The second-order valence-electron chi connectivity index (χ2n) is 2.63. The summed E-state index contributed by atoms with van der Waals surface area (Å²) in [5, 5.41) is 4.07. The number of ketones is 1. The van der Waals surface area contributed by atoms with Crippen LogP contribution in [0.5, 0.6) is 0 Å². The summed E-state index contributed by atoms with van der Waals surface area (Å²) in [5.74, 6) is 0.217. The monoisotopic (exact) mass is 278 g/mol. The number of halogens is 1. The van der Waals surface area contributed by atoms with E-state index < -0.39 is 0 Å². The van der Waals surface area contributed by atoms with Crippen molar-refractivity contribution in [2.75, 3.05) is 0 Å². The van der Waals surface area contributed by atoms with Crippen LogP contribution in [0.1, 0.15) is 26.3 Å². The van der Waals surface area contributed by atoms with Gasteiger partial charge in [-0.1, -0.05) is 6.92 Å². The maximum absolute atomic E-state index is 11.3. The molecule has 1 heterocycles. The summed E-state index contributed by atoms with van der Waals surface area (Å²) in [6.45, 7) is 3.74. The Morgan fingerprint density at radius 3 is 2.92 bits per heavy atom. The molecule has 0 spiro atoms. The Hall–Kier alpha value is -0.390. The molecule has 0 aromatic carbocycles. The summed E-state index contributed by atoms with van der Waals surface area (Å²) in [6.07, 6.45) is 4.19. The van der Waals surface area contributed by atoms with Crippen molar-refractivity contribution in [1.82, 2.24) is 9.78 Å². The smallest absolute Gasteiger partial charge is 0.156 e. The molecule has 0 amide bonds. The summed E-state index contributed by atoms with van der Waals surface area (Å²) in [5.41, 5.74) is 0. The average molecular weight is 278 g/mol. The highest BCUT2D eigenvalue weighted by Gasteiger charge is 2.12. The van der Waals surface area contributed by atoms with Crippen LogP contribution in [0.15, 0.2) is 12.4 Å². The van der Waals surface area contributed by atoms with Crippen molar-refractivity contribution in [1.29, 1.82) is 0 Å². The summed E-state index contributed by atoms with van der Waals surface area (Å²) >= 11 is 2.17. The van der Waals surface area contributed by atoms with Crippen LogP contribution in [0.3, 0.4) is 0 Å². The Bertz CT molecular complexity index is 282. The van der Waals surface area contributed by atoms with Crippen molar-refractivity contribution < 1.29 is 4.79 Å². The first kappa shape index (κ1) is 9.70. The molecule has 0 saturated carbocycles. The van der Waals surface area contributed by atoms with Gasteiger partial charge in [-0.25, -0.2) is 0 Å². The molecule has 0 bridgehead atoms. The van der Waals surface area contributed by atoms with Crippen molar-refractivity contribution in [3.63, 3.8) is 0 Å². The van der Waals surface area contributed by atoms with Crippen LogP contribution in [-0.2, 0) is 4.79 Å². The normalized spacial score (nSPS) is 12.9. The lowest BCUT2D eigenvalue weighted by molar-refractivity contribution is -0.121. The highest BCUT2D eigenvalue weighted by atomic mass is 127. The van der Waals surface area contributed by atoms with Crippen LogP contribution >= 0.6 is 22.6 Å². The van der Waals surface area contributed by atoms with Crippen LogP contribution in [-0.4, -0.2) is 15.6 Å². The van der Waals surface area contributed by atoms with Crippen LogP contribution in [0.4, 0.5) is 0 Å². The van der Waals surface area contributed by atoms with Crippen LogP contribution in [0.25, 0.3) is 0 Å². The summed E-state index contributed by atoms with van der Waals surface area (Å²) in [6, 6.07) is -0.126. The van der Waals surface area contributed by atoms with E-state index in [1.165, 1.54) is 0 Å². The standard InChI is InChI=1S/C8H11IN2O/c1-3-8(12)6(2)11-5-7(9)4-10-11/h4-6H,3H2,1-2H3. The maximum atomic E-state index is 11.3. The number of carbonyl (C=O) groups is 1. The third-order valence-corrected chi connectivity index (χ3v) is 2.34. The van der Waals surface area contributed by atoms with Gasteiger partial charge in [0.1, 0.15) is 6.04 Å². The van der Waals surface area contributed by atoms with Gasteiger partial charge >= 0.3 is 0 Å². The number of nitrogens with zero attached hydrogens (tertiary/aromatic N) is 2. The van der Waals surface area contributed by atoms with Gasteiger partial charge in [0, 0.05) is 12.6 Å². The quantitative estimate of drug-likeness (QED) is 0.793. The molecular weight excluding hydrogens is 267 g/mol. The Kier molecular flexibility index (Phi) is 3.25. The minimum Gasteiger partial charge on any atom is -0.297 e. The fourth-order valence-corrected chi connectivity index (χ4v) is 1.38. The Morgan fingerprint density at radius 1 is 1.83 bits per heavy atom. The molecular formula is C8H11IN2O. The average Bonchev–Trinajstić information content (AvgIpc) is 2.49.